The highest BCUT2D eigenvalue weighted by Gasteiger charge is 2.47. The van der Waals surface area contributed by atoms with Gasteiger partial charge in [-0.2, -0.15) is 0 Å². The molecule has 1 saturated carbocycles. The average Bonchev–Trinajstić information content (AvgIpc) is 3.40. The number of hydrogen-bond donors (Lipinski definition) is 1. The zero-order chi connectivity index (χ0) is 24.0. The molecule has 178 valence electrons. The number of amides is 2. The van der Waals surface area contributed by atoms with Gasteiger partial charge in [0.1, 0.15) is 17.5 Å². The predicted molar refractivity (Wildman–Crippen MR) is 125 cm³/mol. The molecular formula is C25H25F3N4OS. The number of nitrogens with zero attached hydrogens (tertiary/aromatic N) is 3. The zero-order valence-corrected chi connectivity index (χ0v) is 19.8. The number of rotatable bonds is 7. The molecule has 0 spiro atoms. The minimum absolute atomic E-state index is 0.0129. The maximum absolute atomic E-state index is 13.5. The lowest BCUT2D eigenvalue weighted by Gasteiger charge is -2.20. The van der Waals surface area contributed by atoms with Gasteiger partial charge in [0.15, 0.2) is 5.13 Å². The Kier molecular flexibility index (Phi) is 5.85. The lowest BCUT2D eigenvalue weighted by atomic mass is 10.1. The van der Waals surface area contributed by atoms with Crippen LogP contribution in [0, 0.1) is 24.4 Å². The number of hydrogen-bond acceptors (Lipinski definition) is 4. The van der Waals surface area contributed by atoms with Crippen molar-refractivity contribution in [3.63, 3.8) is 0 Å². The summed E-state index contributed by atoms with van der Waals surface area (Å²) in [6.07, 6.45) is 1.79. The molecule has 0 bridgehead atoms. The fourth-order valence-corrected chi connectivity index (χ4v) is 5.78. The third kappa shape index (κ3) is 4.42. The number of thiazole rings is 1. The van der Waals surface area contributed by atoms with Gasteiger partial charge in [0.25, 0.3) is 0 Å². The maximum Gasteiger partial charge on any atom is 0.326 e. The summed E-state index contributed by atoms with van der Waals surface area (Å²) in [6.45, 7) is 5.19. The molecule has 1 N–H and O–H groups in total. The number of urea groups is 1. The average molecular weight is 487 g/mol. The Morgan fingerprint density at radius 3 is 2.38 bits per heavy atom. The topological polar surface area (TPSA) is 48.5 Å². The van der Waals surface area contributed by atoms with E-state index in [9.17, 15) is 18.0 Å². The first-order valence-electron chi connectivity index (χ1n) is 11.2. The van der Waals surface area contributed by atoms with E-state index in [2.05, 4.69) is 5.32 Å². The summed E-state index contributed by atoms with van der Waals surface area (Å²) in [7, 11) is 0. The van der Waals surface area contributed by atoms with E-state index in [0.29, 0.717) is 30.3 Å². The Morgan fingerprint density at radius 1 is 1.06 bits per heavy atom. The van der Waals surface area contributed by atoms with Gasteiger partial charge in [0.05, 0.1) is 17.8 Å². The number of carbonyl (C=O) groups is 1. The van der Waals surface area contributed by atoms with Crippen LogP contribution in [-0.2, 0) is 18.6 Å². The molecule has 2 aliphatic rings. The Hall–Kier alpha value is -2.91. The highest BCUT2D eigenvalue weighted by atomic mass is 32.1. The van der Waals surface area contributed by atoms with E-state index < -0.39 is 11.6 Å². The van der Waals surface area contributed by atoms with Crippen LogP contribution in [-0.4, -0.2) is 28.5 Å². The first-order chi connectivity index (χ1) is 16.2. The summed E-state index contributed by atoms with van der Waals surface area (Å²) in [6, 6.07) is 9.57. The number of halogens is 3. The molecule has 0 unspecified atom stereocenters. The van der Waals surface area contributed by atoms with Crippen LogP contribution < -0.4 is 10.2 Å². The number of anilines is 1. The fraction of sp³-hybridized carbons (Fsp3) is 0.360. The van der Waals surface area contributed by atoms with E-state index in [1.54, 1.807) is 21.9 Å². The van der Waals surface area contributed by atoms with Gasteiger partial charge >= 0.3 is 6.03 Å². The number of benzene rings is 2. The smallest absolute Gasteiger partial charge is 0.315 e. The number of aromatic nitrogens is 1. The van der Waals surface area contributed by atoms with Crippen molar-refractivity contribution in [2.75, 3.05) is 11.4 Å². The standard InChI is InChI=1S/C25H25F3N4OS/c1-15-13-32(24(33)31(15)14-17-3-5-19(26)6-4-17)23-30-16(2)22(34-23)25(7-8-25)29-12-18-9-20(27)11-21(28)10-18/h3-6,9-11,15,29H,7-8,12-14H2,1-2H3/t15-/m1/s1. The Balaban J connectivity index is 1.31. The third-order valence-electron chi connectivity index (χ3n) is 6.48. The molecule has 2 aromatic carbocycles. The molecule has 2 heterocycles. The summed E-state index contributed by atoms with van der Waals surface area (Å²) in [5.41, 5.74) is 1.98. The second kappa shape index (κ2) is 8.70. The summed E-state index contributed by atoms with van der Waals surface area (Å²) in [5, 5.41) is 4.11. The van der Waals surface area contributed by atoms with E-state index in [0.717, 1.165) is 35.0 Å². The highest BCUT2D eigenvalue weighted by Crippen LogP contribution is 2.50. The molecule has 0 radical (unpaired) electrons. The quantitative estimate of drug-likeness (QED) is 0.481. The van der Waals surface area contributed by atoms with Crippen LogP contribution in [0.4, 0.5) is 23.1 Å². The van der Waals surface area contributed by atoms with E-state index in [1.165, 1.54) is 35.6 Å². The van der Waals surface area contributed by atoms with E-state index in [-0.39, 0.29) is 23.4 Å². The van der Waals surface area contributed by atoms with Gasteiger partial charge in [-0.15, -0.1) is 0 Å². The van der Waals surface area contributed by atoms with Crippen molar-refractivity contribution < 1.29 is 18.0 Å². The van der Waals surface area contributed by atoms with Gasteiger partial charge in [0, 0.05) is 30.1 Å². The molecule has 5 nitrogen and oxygen atoms in total. The molecule has 1 saturated heterocycles. The van der Waals surface area contributed by atoms with Crippen LogP contribution in [0.25, 0.3) is 0 Å². The van der Waals surface area contributed by atoms with Gasteiger partial charge in [-0.05, 0) is 62.1 Å². The van der Waals surface area contributed by atoms with E-state index in [1.807, 2.05) is 13.8 Å². The minimum Gasteiger partial charge on any atom is -0.315 e. The van der Waals surface area contributed by atoms with Crippen LogP contribution in [0.15, 0.2) is 42.5 Å². The van der Waals surface area contributed by atoms with Crippen molar-refractivity contribution in [1.29, 1.82) is 0 Å². The van der Waals surface area contributed by atoms with Gasteiger partial charge in [-0.25, -0.2) is 22.9 Å². The summed E-state index contributed by atoms with van der Waals surface area (Å²) in [5.74, 6) is -1.49. The molecule has 9 heteroatoms. The second-order valence-electron chi connectivity index (χ2n) is 9.12. The predicted octanol–water partition coefficient (Wildman–Crippen LogP) is 5.48. The van der Waals surface area contributed by atoms with Gasteiger partial charge < -0.3 is 10.2 Å². The van der Waals surface area contributed by atoms with Crippen molar-refractivity contribution in [2.45, 2.75) is 51.4 Å². The molecule has 2 amide bonds. The lowest BCUT2D eigenvalue weighted by molar-refractivity contribution is 0.206. The van der Waals surface area contributed by atoms with Crippen molar-refractivity contribution in [3.05, 3.63) is 81.6 Å². The van der Waals surface area contributed by atoms with Crippen LogP contribution in [0.5, 0.6) is 0 Å². The maximum atomic E-state index is 13.5. The third-order valence-corrected chi connectivity index (χ3v) is 7.86. The Morgan fingerprint density at radius 2 is 1.74 bits per heavy atom. The minimum atomic E-state index is -0.593. The van der Waals surface area contributed by atoms with Gasteiger partial charge in [-0.3, -0.25) is 4.90 Å². The number of nitrogens with one attached hydrogen (secondary N) is 1. The molecular weight excluding hydrogens is 461 g/mol. The summed E-state index contributed by atoms with van der Waals surface area (Å²) in [4.78, 5) is 22.4. The van der Waals surface area contributed by atoms with Crippen molar-refractivity contribution >= 4 is 22.5 Å². The molecule has 1 aliphatic carbocycles. The zero-order valence-electron chi connectivity index (χ0n) is 18.9. The van der Waals surface area contributed by atoms with Crippen molar-refractivity contribution in [2.24, 2.45) is 0 Å². The normalized spacial score (nSPS) is 19.2. The lowest BCUT2D eigenvalue weighted by Crippen LogP contribution is -2.33. The van der Waals surface area contributed by atoms with Gasteiger partial charge in [0.2, 0.25) is 0 Å². The largest absolute Gasteiger partial charge is 0.326 e. The number of carbonyl (C=O) groups excluding carboxylic acids is 1. The van der Waals surface area contributed by atoms with E-state index in [4.69, 9.17) is 4.98 Å². The fourth-order valence-electron chi connectivity index (χ4n) is 4.49. The first-order valence-corrected chi connectivity index (χ1v) is 12.1. The highest BCUT2D eigenvalue weighted by molar-refractivity contribution is 7.16. The van der Waals surface area contributed by atoms with Crippen molar-refractivity contribution in [3.8, 4) is 0 Å². The SMILES string of the molecule is Cc1nc(N2C[C@@H](C)N(Cc3ccc(F)cc3)C2=O)sc1C1(NCc2cc(F)cc(F)c2)CC1. The molecule has 34 heavy (non-hydrogen) atoms. The molecule has 1 aliphatic heterocycles. The summed E-state index contributed by atoms with van der Waals surface area (Å²) < 4.78 is 40.3. The Labute approximate surface area is 200 Å². The number of aryl methyl sites for hydroxylation is 1. The molecule has 1 atom stereocenters. The Bertz CT molecular complexity index is 1210. The molecule has 1 aromatic heterocycles. The monoisotopic (exact) mass is 486 g/mol. The molecule has 3 aromatic rings. The van der Waals surface area contributed by atoms with Crippen LogP contribution in [0.1, 0.15) is 41.5 Å². The second-order valence-corrected chi connectivity index (χ2v) is 10.1. The van der Waals surface area contributed by atoms with Crippen LogP contribution >= 0.6 is 11.3 Å². The van der Waals surface area contributed by atoms with E-state index >= 15 is 0 Å². The van der Waals surface area contributed by atoms with Crippen LogP contribution in [0.2, 0.25) is 0 Å². The molecule has 5 rings (SSSR count). The summed E-state index contributed by atoms with van der Waals surface area (Å²) >= 11 is 1.49. The van der Waals surface area contributed by atoms with Crippen molar-refractivity contribution in [1.82, 2.24) is 15.2 Å². The van der Waals surface area contributed by atoms with Crippen LogP contribution in [0.3, 0.4) is 0 Å². The molecule has 2 fully saturated rings. The van der Waals surface area contributed by atoms with Gasteiger partial charge in [-0.1, -0.05) is 23.5 Å². The first kappa shape index (κ1) is 22.9.